The van der Waals surface area contributed by atoms with Crippen LogP contribution in [-0.2, 0) is 0 Å². The van der Waals surface area contributed by atoms with E-state index in [-0.39, 0.29) is 0 Å². The van der Waals surface area contributed by atoms with Gasteiger partial charge in [0, 0.05) is 5.56 Å². The molecule has 0 aliphatic heterocycles. The fraction of sp³-hybridized carbons (Fsp3) is 0. The molecule has 0 aliphatic carbocycles. The van der Waals surface area contributed by atoms with E-state index in [2.05, 4.69) is 0 Å². The lowest BCUT2D eigenvalue weighted by molar-refractivity contribution is 0.509. The summed E-state index contributed by atoms with van der Waals surface area (Å²) in [5.41, 5.74) is 7.20. The second-order valence-corrected chi connectivity index (χ2v) is 3.74. The van der Waals surface area contributed by atoms with Crippen molar-refractivity contribution in [2.45, 2.75) is 0 Å². The number of hydrogen-bond acceptors (Lipinski definition) is 1. The zero-order valence-electron chi connectivity index (χ0n) is 8.18. The number of hydrogen-bond donors (Lipinski definition) is 1. The average Bonchev–Trinajstić information content (AvgIpc) is 2.26. The van der Waals surface area contributed by atoms with Crippen LogP contribution < -0.4 is 5.73 Å². The molecule has 0 aromatic heterocycles. The van der Waals surface area contributed by atoms with Crippen LogP contribution in [0.3, 0.4) is 0 Å². The molecule has 0 saturated carbocycles. The van der Waals surface area contributed by atoms with Crippen LogP contribution in [0.1, 0.15) is 0 Å². The third kappa shape index (κ3) is 1.86. The van der Waals surface area contributed by atoms with Crippen LogP contribution in [0, 0.1) is 11.6 Å². The first-order valence-electron chi connectivity index (χ1n) is 4.59. The molecule has 4 heteroatoms. The van der Waals surface area contributed by atoms with Crippen LogP contribution in [0.25, 0.3) is 11.1 Å². The van der Waals surface area contributed by atoms with E-state index < -0.39 is 11.6 Å². The monoisotopic (exact) mass is 239 g/mol. The van der Waals surface area contributed by atoms with Crippen LogP contribution in [-0.4, -0.2) is 0 Å². The lowest BCUT2D eigenvalue weighted by atomic mass is 10.0. The van der Waals surface area contributed by atoms with Gasteiger partial charge in [-0.2, -0.15) is 0 Å². The molecule has 16 heavy (non-hydrogen) atoms. The van der Waals surface area contributed by atoms with Gasteiger partial charge in [-0.05, 0) is 23.8 Å². The van der Waals surface area contributed by atoms with Gasteiger partial charge in [0.25, 0.3) is 0 Å². The molecule has 0 unspecified atom stereocenters. The van der Waals surface area contributed by atoms with E-state index in [1.165, 1.54) is 6.07 Å². The Morgan fingerprint density at radius 3 is 2.44 bits per heavy atom. The van der Waals surface area contributed by atoms with Crippen LogP contribution in [0.2, 0.25) is 5.02 Å². The van der Waals surface area contributed by atoms with Crippen molar-refractivity contribution in [2.24, 2.45) is 0 Å². The van der Waals surface area contributed by atoms with E-state index >= 15 is 0 Å². The minimum atomic E-state index is -0.906. The molecule has 2 rings (SSSR count). The molecule has 82 valence electrons. The first-order valence-corrected chi connectivity index (χ1v) is 4.97. The zero-order valence-corrected chi connectivity index (χ0v) is 8.93. The van der Waals surface area contributed by atoms with Gasteiger partial charge in [0.05, 0.1) is 10.7 Å². The molecule has 0 radical (unpaired) electrons. The molecular weight excluding hydrogens is 232 g/mol. The van der Waals surface area contributed by atoms with Crippen LogP contribution >= 0.6 is 11.6 Å². The third-order valence-electron chi connectivity index (χ3n) is 2.28. The number of nitrogen functional groups attached to an aromatic ring is 1. The standard InChI is InChI=1S/C12H8ClF2N/c13-9-3-1-2-8(12(9)16)7-4-5-10(14)11(15)6-7/h1-6H,16H2. The van der Waals surface area contributed by atoms with Crippen LogP contribution in [0.4, 0.5) is 14.5 Å². The van der Waals surface area contributed by atoms with Crippen molar-refractivity contribution in [3.05, 3.63) is 53.1 Å². The summed E-state index contributed by atoms with van der Waals surface area (Å²) in [4.78, 5) is 0. The Morgan fingerprint density at radius 1 is 1.00 bits per heavy atom. The molecule has 0 atom stereocenters. The van der Waals surface area contributed by atoms with E-state index in [1.807, 2.05) is 0 Å². The molecule has 0 amide bonds. The zero-order chi connectivity index (χ0) is 11.7. The third-order valence-corrected chi connectivity index (χ3v) is 2.61. The second kappa shape index (κ2) is 4.10. The van der Waals surface area contributed by atoms with E-state index in [9.17, 15) is 8.78 Å². The minimum Gasteiger partial charge on any atom is -0.397 e. The molecule has 1 nitrogen and oxygen atoms in total. The first-order chi connectivity index (χ1) is 7.59. The molecule has 2 aromatic carbocycles. The van der Waals surface area contributed by atoms with Crippen LogP contribution in [0.5, 0.6) is 0 Å². The summed E-state index contributed by atoms with van der Waals surface area (Å²) >= 11 is 5.84. The Hall–Kier alpha value is -1.61. The highest BCUT2D eigenvalue weighted by Crippen LogP contribution is 2.31. The van der Waals surface area contributed by atoms with Gasteiger partial charge in [0.15, 0.2) is 11.6 Å². The Kier molecular flexibility index (Phi) is 2.79. The van der Waals surface area contributed by atoms with Gasteiger partial charge in [-0.15, -0.1) is 0 Å². The Balaban J connectivity index is 2.59. The summed E-state index contributed by atoms with van der Waals surface area (Å²) in [6.45, 7) is 0. The molecule has 0 aliphatic rings. The van der Waals surface area contributed by atoms with E-state index in [4.69, 9.17) is 17.3 Å². The minimum absolute atomic E-state index is 0.357. The maximum atomic E-state index is 13.0. The van der Waals surface area contributed by atoms with Crippen molar-refractivity contribution in [1.29, 1.82) is 0 Å². The Bertz CT molecular complexity index is 541. The SMILES string of the molecule is Nc1c(Cl)cccc1-c1ccc(F)c(F)c1. The topological polar surface area (TPSA) is 26.0 Å². The van der Waals surface area contributed by atoms with Gasteiger partial charge in [0.2, 0.25) is 0 Å². The highest BCUT2D eigenvalue weighted by atomic mass is 35.5. The maximum Gasteiger partial charge on any atom is 0.159 e. The molecule has 0 heterocycles. The van der Waals surface area contributed by atoms with E-state index in [0.717, 1.165) is 12.1 Å². The van der Waals surface area contributed by atoms with Crippen molar-refractivity contribution in [3.63, 3.8) is 0 Å². The van der Waals surface area contributed by atoms with Gasteiger partial charge >= 0.3 is 0 Å². The summed E-state index contributed by atoms with van der Waals surface area (Å²) in [5.74, 6) is -1.79. The Labute approximate surface area is 96.5 Å². The predicted octanol–water partition coefficient (Wildman–Crippen LogP) is 3.87. The predicted molar refractivity (Wildman–Crippen MR) is 61.2 cm³/mol. The number of halogens is 3. The fourth-order valence-electron chi connectivity index (χ4n) is 1.45. The van der Waals surface area contributed by atoms with Crippen molar-refractivity contribution >= 4 is 17.3 Å². The molecule has 2 N–H and O–H groups in total. The number of nitrogens with two attached hydrogens (primary N) is 1. The molecular formula is C12H8ClF2N. The summed E-state index contributed by atoms with van der Waals surface area (Å²) in [5, 5.41) is 0.391. The lowest BCUT2D eigenvalue weighted by Crippen LogP contribution is -1.92. The highest BCUT2D eigenvalue weighted by Gasteiger charge is 2.08. The van der Waals surface area contributed by atoms with E-state index in [1.54, 1.807) is 18.2 Å². The van der Waals surface area contributed by atoms with Gasteiger partial charge in [-0.25, -0.2) is 8.78 Å². The van der Waals surface area contributed by atoms with Gasteiger partial charge in [-0.3, -0.25) is 0 Å². The van der Waals surface area contributed by atoms with E-state index in [0.29, 0.717) is 21.8 Å². The summed E-state index contributed by atoms with van der Waals surface area (Å²) in [6.07, 6.45) is 0. The molecule has 0 bridgehead atoms. The molecule has 0 saturated heterocycles. The van der Waals surface area contributed by atoms with Crippen molar-refractivity contribution in [2.75, 3.05) is 5.73 Å². The number of para-hydroxylation sites is 1. The van der Waals surface area contributed by atoms with Crippen molar-refractivity contribution < 1.29 is 8.78 Å². The largest absolute Gasteiger partial charge is 0.397 e. The normalized spacial score (nSPS) is 10.4. The van der Waals surface area contributed by atoms with Gasteiger partial charge in [-0.1, -0.05) is 29.8 Å². The average molecular weight is 240 g/mol. The van der Waals surface area contributed by atoms with Crippen molar-refractivity contribution in [1.82, 2.24) is 0 Å². The highest BCUT2D eigenvalue weighted by molar-refractivity contribution is 6.33. The molecule has 0 fully saturated rings. The molecule has 0 spiro atoms. The lowest BCUT2D eigenvalue weighted by Gasteiger charge is -2.07. The summed E-state index contributed by atoms with van der Waals surface area (Å²) < 4.78 is 25.8. The quantitative estimate of drug-likeness (QED) is 0.751. The Morgan fingerprint density at radius 2 is 1.75 bits per heavy atom. The smallest absolute Gasteiger partial charge is 0.159 e. The summed E-state index contributed by atoms with van der Waals surface area (Å²) in [6, 6.07) is 8.66. The number of rotatable bonds is 1. The van der Waals surface area contributed by atoms with Gasteiger partial charge < -0.3 is 5.73 Å². The van der Waals surface area contributed by atoms with Crippen LogP contribution in [0.15, 0.2) is 36.4 Å². The molecule has 2 aromatic rings. The number of benzene rings is 2. The summed E-state index contributed by atoms with van der Waals surface area (Å²) in [7, 11) is 0. The first kappa shape index (κ1) is 10.9. The van der Waals surface area contributed by atoms with Crippen molar-refractivity contribution in [3.8, 4) is 11.1 Å². The maximum absolute atomic E-state index is 13.0. The second-order valence-electron chi connectivity index (χ2n) is 3.33. The fourth-order valence-corrected chi connectivity index (χ4v) is 1.63. The number of anilines is 1. The van der Waals surface area contributed by atoms with Gasteiger partial charge in [0.1, 0.15) is 0 Å².